The molecule has 0 aliphatic rings. The van der Waals surface area contributed by atoms with Crippen molar-refractivity contribution in [3.8, 4) is 0 Å². The lowest BCUT2D eigenvalue weighted by Crippen LogP contribution is -2.01. The zero-order valence-corrected chi connectivity index (χ0v) is 8.65. The number of hydrogen-bond acceptors (Lipinski definition) is 2. The fourth-order valence-electron chi connectivity index (χ4n) is 1.37. The smallest absolute Gasteiger partial charge is 0.0371 e. The summed E-state index contributed by atoms with van der Waals surface area (Å²) in [5, 5.41) is 6.61. The van der Waals surface area contributed by atoms with E-state index in [2.05, 4.69) is 49.6 Å². The fraction of sp³-hybridized carbons (Fsp3) is 0.455. The van der Waals surface area contributed by atoms with Gasteiger partial charge >= 0.3 is 0 Å². The van der Waals surface area contributed by atoms with Gasteiger partial charge in [-0.1, -0.05) is 0 Å². The fourth-order valence-corrected chi connectivity index (χ4v) is 1.37. The van der Waals surface area contributed by atoms with E-state index in [0.29, 0.717) is 0 Å². The molecular weight excluding hydrogens is 160 g/mol. The first kappa shape index (κ1) is 9.90. The number of hydrogen-bond donors (Lipinski definition) is 2. The Morgan fingerprint density at radius 1 is 1.08 bits per heavy atom. The molecule has 1 rings (SSSR count). The highest BCUT2D eigenvalue weighted by Gasteiger charge is 1.97. The van der Waals surface area contributed by atoms with E-state index in [-0.39, 0.29) is 0 Å². The number of anilines is 2. The molecule has 2 nitrogen and oxygen atoms in total. The van der Waals surface area contributed by atoms with Crippen molar-refractivity contribution in [2.45, 2.75) is 20.8 Å². The summed E-state index contributed by atoms with van der Waals surface area (Å²) in [5.41, 5.74) is 3.71. The lowest BCUT2D eigenvalue weighted by Gasteiger charge is -2.10. The minimum atomic E-state index is 0.972. The summed E-state index contributed by atoms with van der Waals surface area (Å²) in [6.07, 6.45) is 0. The average Bonchev–Trinajstić information content (AvgIpc) is 2.10. The van der Waals surface area contributed by atoms with Crippen LogP contribution in [0.3, 0.4) is 0 Å². The van der Waals surface area contributed by atoms with Crippen LogP contribution in [0.5, 0.6) is 0 Å². The lowest BCUT2D eigenvalue weighted by molar-refractivity contribution is 1.18. The zero-order valence-electron chi connectivity index (χ0n) is 8.65. The van der Waals surface area contributed by atoms with Gasteiger partial charge in [-0.2, -0.15) is 0 Å². The summed E-state index contributed by atoms with van der Waals surface area (Å²) >= 11 is 0. The maximum atomic E-state index is 3.32. The highest BCUT2D eigenvalue weighted by atomic mass is 14.9. The van der Waals surface area contributed by atoms with Gasteiger partial charge in [0, 0.05) is 24.5 Å². The molecule has 2 heteroatoms. The molecule has 72 valence electrons. The summed E-state index contributed by atoms with van der Waals surface area (Å²) in [7, 11) is 0. The SMILES string of the molecule is CCNc1ccc(NCC)c(C)c1. The van der Waals surface area contributed by atoms with Crippen LogP contribution < -0.4 is 10.6 Å². The molecule has 0 aliphatic carbocycles. The second kappa shape index (κ2) is 4.75. The minimum Gasteiger partial charge on any atom is -0.385 e. The highest BCUT2D eigenvalue weighted by molar-refractivity contribution is 5.59. The van der Waals surface area contributed by atoms with E-state index >= 15 is 0 Å². The Morgan fingerprint density at radius 2 is 1.77 bits per heavy atom. The van der Waals surface area contributed by atoms with Crippen LogP contribution in [0.4, 0.5) is 11.4 Å². The van der Waals surface area contributed by atoms with Crippen molar-refractivity contribution in [2.75, 3.05) is 23.7 Å². The van der Waals surface area contributed by atoms with E-state index < -0.39 is 0 Å². The maximum Gasteiger partial charge on any atom is 0.0371 e. The molecule has 0 aliphatic heterocycles. The van der Waals surface area contributed by atoms with Crippen molar-refractivity contribution in [3.63, 3.8) is 0 Å². The first-order chi connectivity index (χ1) is 6.27. The summed E-state index contributed by atoms with van der Waals surface area (Å²) < 4.78 is 0. The summed E-state index contributed by atoms with van der Waals surface area (Å²) in [5.74, 6) is 0. The quantitative estimate of drug-likeness (QED) is 0.740. The maximum absolute atomic E-state index is 3.32. The Kier molecular flexibility index (Phi) is 3.62. The van der Waals surface area contributed by atoms with Crippen LogP contribution in [0, 0.1) is 6.92 Å². The topological polar surface area (TPSA) is 24.1 Å². The number of nitrogens with one attached hydrogen (secondary N) is 2. The molecule has 0 fully saturated rings. The number of aryl methyl sites for hydroxylation is 1. The minimum absolute atomic E-state index is 0.972. The Morgan fingerprint density at radius 3 is 2.31 bits per heavy atom. The predicted molar refractivity (Wildman–Crippen MR) is 59.5 cm³/mol. The van der Waals surface area contributed by atoms with Gasteiger partial charge < -0.3 is 10.6 Å². The van der Waals surface area contributed by atoms with E-state index in [0.717, 1.165) is 13.1 Å². The molecule has 0 amide bonds. The molecule has 0 aromatic heterocycles. The molecule has 0 spiro atoms. The Hall–Kier alpha value is -1.18. The van der Waals surface area contributed by atoms with Crippen LogP contribution in [0.2, 0.25) is 0 Å². The first-order valence-electron chi connectivity index (χ1n) is 4.86. The van der Waals surface area contributed by atoms with E-state index in [4.69, 9.17) is 0 Å². The van der Waals surface area contributed by atoms with E-state index in [9.17, 15) is 0 Å². The molecule has 0 radical (unpaired) electrons. The van der Waals surface area contributed by atoms with Gasteiger partial charge in [-0.3, -0.25) is 0 Å². The summed E-state index contributed by atoms with van der Waals surface area (Å²) in [6.45, 7) is 8.28. The van der Waals surface area contributed by atoms with Gasteiger partial charge in [-0.25, -0.2) is 0 Å². The molecule has 1 aromatic carbocycles. The van der Waals surface area contributed by atoms with Crippen molar-refractivity contribution < 1.29 is 0 Å². The van der Waals surface area contributed by atoms with Crippen LogP contribution in [0.25, 0.3) is 0 Å². The third-order valence-corrected chi connectivity index (χ3v) is 1.97. The second-order valence-corrected chi connectivity index (χ2v) is 3.09. The largest absolute Gasteiger partial charge is 0.385 e. The van der Waals surface area contributed by atoms with Crippen LogP contribution in [0.15, 0.2) is 18.2 Å². The third-order valence-electron chi connectivity index (χ3n) is 1.97. The second-order valence-electron chi connectivity index (χ2n) is 3.09. The van der Waals surface area contributed by atoms with Gasteiger partial charge in [0.15, 0.2) is 0 Å². The van der Waals surface area contributed by atoms with Crippen molar-refractivity contribution in [3.05, 3.63) is 23.8 Å². The van der Waals surface area contributed by atoms with Gasteiger partial charge in [-0.15, -0.1) is 0 Å². The molecule has 0 saturated heterocycles. The van der Waals surface area contributed by atoms with Gasteiger partial charge in [-0.05, 0) is 44.5 Å². The average molecular weight is 178 g/mol. The zero-order chi connectivity index (χ0) is 9.68. The molecule has 13 heavy (non-hydrogen) atoms. The van der Waals surface area contributed by atoms with E-state index in [1.807, 2.05) is 0 Å². The predicted octanol–water partition coefficient (Wildman–Crippen LogP) is 2.86. The van der Waals surface area contributed by atoms with Crippen LogP contribution in [0.1, 0.15) is 19.4 Å². The Bertz CT molecular complexity index is 269. The summed E-state index contributed by atoms with van der Waals surface area (Å²) in [6, 6.07) is 6.40. The summed E-state index contributed by atoms with van der Waals surface area (Å²) in [4.78, 5) is 0. The normalized spacial score (nSPS) is 9.77. The van der Waals surface area contributed by atoms with Crippen molar-refractivity contribution in [2.24, 2.45) is 0 Å². The van der Waals surface area contributed by atoms with Gasteiger partial charge in [0.05, 0.1) is 0 Å². The molecular formula is C11H18N2. The lowest BCUT2D eigenvalue weighted by atomic mass is 10.2. The van der Waals surface area contributed by atoms with Crippen molar-refractivity contribution in [1.29, 1.82) is 0 Å². The van der Waals surface area contributed by atoms with Crippen LogP contribution >= 0.6 is 0 Å². The standard InChI is InChI=1S/C11H18N2/c1-4-12-10-6-7-11(13-5-2)9(3)8-10/h6-8,12-13H,4-5H2,1-3H3. The van der Waals surface area contributed by atoms with Gasteiger partial charge in [0.25, 0.3) is 0 Å². The van der Waals surface area contributed by atoms with Gasteiger partial charge in [0.1, 0.15) is 0 Å². The first-order valence-corrected chi connectivity index (χ1v) is 4.86. The van der Waals surface area contributed by atoms with Crippen LogP contribution in [-0.4, -0.2) is 13.1 Å². The van der Waals surface area contributed by atoms with Crippen molar-refractivity contribution in [1.82, 2.24) is 0 Å². The van der Waals surface area contributed by atoms with Crippen LogP contribution in [-0.2, 0) is 0 Å². The molecule has 2 N–H and O–H groups in total. The van der Waals surface area contributed by atoms with E-state index in [1.165, 1.54) is 16.9 Å². The molecule has 0 saturated carbocycles. The third kappa shape index (κ3) is 2.65. The molecule has 0 atom stereocenters. The molecule has 0 bridgehead atoms. The van der Waals surface area contributed by atoms with Gasteiger partial charge in [0.2, 0.25) is 0 Å². The molecule has 0 unspecified atom stereocenters. The van der Waals surface area contributed by atoms with Crippen molar-refractivity contribution >= 4 is 11.4 Å². The number of benzene rings is 1. The molecule has 0 heterocycles. The highest BCUT2D eigenvalue weighted by Crippen LogP contribution is 2.19. The monoisotopic (exact) mass is 178 g/mol. The Labute approximate surface area is 80.4 Å². The molecule has 1 aromatic rings. The Balaban J connectivity index is 2.79. The van der Waals surface area contributed by atoms with E-state index in [1.54, 1.807) is 0 Å². The number of rotatable bonds is 4.